The number of hydrogen-bond donors (Lipinski definition) is 1. The number of carbonyl (C=O) groups is 2. The molecule has 21 heavy (non-hydrogen) atoms. The third-order valence-corrected chi connectivity index (χ3v) is 4.48. The third kappa shape index (κ3) is 4.72. The summed E-state index contributed by atoms with van der Waals surface area (Å²) in [6, 6.07) is -0.424. The molecule has 4 nitrogen and oxygen atoms in total. The predicted octanol–water partition coefficient (Wildman–Crippen LogP) is 2.68. The Hall–Kier alpha value is -1.06. The summed E-state index contributed by atoms with van der Waals surface area (Å²) in [4.78, 5) is 26.6. The molecule has 1 saturated heterocycles. The summed E-state index contributed by atoms with van der Waals surface area (Å²) in [6.45, 7) is 16.1. The van der Waals surface area contributed by atoms with E-state index >= 15 is 0 Å². The van der Waals surface area contributed by atoms with Gasteiger partial charge in [0.1, 0.15) is 6.04 Å². The average Bonchev–Trinajstić information content (AvgIpc) is 2.46. The van der Waals surface area contributed by atoms with Crippen LogP contribution in [-0.2, 0) is 9.59 Å². The van der Waals surface area contributed by atoms with Crippen molar-refractivity contribution in [2.75, 3.05) is 13.1 Å². The first-order valence-corrected chi connectivity index (χ1v) is 8.12. The van der Waals surface area contributed by atoms with E-state index < -0.39 is 6.04 Å². The summed E-state index contributed by atoms with van der Waals surface area (Å²) < 4.78 is 0. The van der Waals surface area contributed by atoms with Gasteiger partial charge in [0, 0.05) is 19.5 Å². The van der Waals surface area contributed by atoms with E-state index in [4.69, 9.17) is 0 Å². The second-order valence-corrected chi connectivity index (χ2v) is 8.05. The average molecular weight is 296 g/mol. The van der Waals surface area contributed by atoms with Crippen LogP contribution < -0.4 is 5.32 Å². The molecule has 0 aliphatic carbocycles. The summed E-state index contributed by atoms with van der Waals surface area (Å²) >= 11 is 0. The van der Waals surface area contributed by atoms with Crippen LogP contribution >= 0.6 is 0 Å². The lowest BCUT2D eigenvalue weighted by atomic mass is 9.83. The molecule has 2 amide bonds. The molecular formula is C17H32N2O2. The van der Waals surface area contributed by atoms with Gasteiger partial charge in [0.25, 0.3) is 0 Å². The fourth-order valence-corrected chi connectivity index (χ4v) is 3.04. The monoisotopic (exact) mass is 296 g/mol. The molecule has 0 aromatic rings. The molecule has 1 fully saturated rings. The summed E-state index contributed by atoms with van der Waals surface area (Å²) in [5, 5.41) is 2.90. The number of rotatable bonds is 4. The normalized spacial score (nSPS) is 21.2. The molecule has 1 heterocycles. The van der Waals surface area contributed by atoms with E-state index in [1.54, 1.807) is 0 Å². The highest BCUT2D eigenvalue weighted by Gasteiger charge is 2.38. The molecule has 0 aromatic carbocycles. The van der Waals surface area contributed by atoms with Crippen molar-refractivity contribution in [2.24, 2.45) is 23.2 Å². The van der Waals surface area contributed by atoms with Crippen molar-refractivity contribution in [1.29, 1.82) is 0 Å². The van der Waals surface area contributed by atoms with Crippen LogP contribution in [0.3, 0.4) is 0 Å². The highest BCUT2D eigenvalue weighted by atomic mass is 16.2. The van der Waals surface area contributed by atoms with Crippen LogP contribution in [0, 0.1) is 23.2 Å². The van der Waals surface area contributed by atoms with Crippen molar-refractivity contribution in [1.82, 2.24) is 10.2 Å². The van der Waals surface area contributed by atoms with Crippen molar-refractivity contribution in [3.63, 3.8) is 0 Å². The lowest BCUT2D eigenvalue weighted by molar-refractivity contribution is -0.137. The number of nitrogens with zero attached hydrogens (tertiary/aromatic N) is 1. The molecule has 0 aromatic heterocycles. The minimum Gasteiger partial charge on any atom is -0.344 e. The molecule has 0 spiro atoms. The van der Waals surface area contributed by atoms with Gasteiger partial charge in [-0.25, -0.2) is 0 Å². The summed E-state index contributed by atoms with van der Waals surface area (Å²) in [5.74, 6) is 1.56. The van der Waals surface area contributed by atoms with Crippen LogP contribution in [0.4, 0.5) is 0 Å². The Kier molecular flexibility index (Phi) is 5.83. The smallest absolute Gasteiger partial charge is 0.245 e. The summed E-state index contributed by atoms with van der Waals surface area (Å²) in [6.07, 6.45) is 0.404. The van der Waals surface area contributed by atoms with Gasteiger partial charge in [-0.15, -0.1) is 0 Å². The Balaban J connectivity index is 2.95. The molecule has 0 radical (unpaired) electrons. The number of hydrogen-bond acceptors (Lipinski definition) is 2. The lowest BCUT2D eigenvalue weighted by Crippen LogP contribution is -2.53. The van der Waals surface area contributed by atoms with Gasteiger partial charge >= 0.3 is 0 Å². The minimum atomic E-state index is -0.424. The molecule has 4 heteroatoms. The fraction of sp³-hybridized carbons (Fsp3) is 0.882. The largest absolute Gasteiger partial charge is 0.344 e. The van der Waals surface area contributed by atoms with Crippen LogP contribution in [-0.4, -0.2) is 35.8 Å². The van der Waals surface area contributed by atoms with Crippen molar-refractivity contribution in [3.05, 3.63) is 0 Å². The zero-order chi connectivity index (χ0) is 16.4. The molecular weight excluding hydrogens is 264 g/mol. The zero-order valence-electron chi connectivity index (χ0n) is 14.7. The van der Waals surface area contributed by atoms with Crippen LogP contribution in [0.1, 0.15) is 54.9 Å². The van der Waals surface area contributed by atoms with Crippen molar-refractivity contribution in [2.45, 2.75) is 60.9 Å². The highest BCUT2D eigenvalue weighted by Crippen LogP contribution is 2.26. The second kappa shape index (κ2) is 6.80. The molecule has 0 bridgehead atoms. The van der Waals surface area contributed by atoms with Crippen LogP contribution in [0.5, 0.6) is 0 Å². The molecule has 1 N–H and O–H groups in total. The first-order chi connectivity index (χ1) is 9.54. The van der Waals surface area contributed by atoms with E-state index in [1.165, 1.54) is 0 Å². The van der Waals surface area contributed by atoms with Gasteiger partial charge in [0.15, 0.2) is 0 Å². The molecule has 122 valence electrons. The minimum absolute atomic E-state index is 0.0172. The van der Waals surface area contributed by atoms with Gasteiger partial charge in [0.05, 0.1) is 0 Å². The van der Waals surface area contributed by atoms with Crippen LogP contribution in [0.2, 0.25) is 0 Å². The van der Waals surface area contributed by atoms with Gasteiger partial charge in [-0.3, -0.25) is 9.59 Å². The number of carbonyl (C=O) groups excluding carboxylic acids is 2. The summed E-state index contributed by atoms with van der Waals surface area (Å²) in [5.41, 5.74) is -0.263. The zero-order valence-corrected chi connectivity index (χ0v) is 14.7. The van der Waals surface area contributed by atoms with E-state index in [1.807, 2.05) is 25.7 Å². The molecule has 1 atom stereocenters. The van der Waals surface area contributed by atoms with Crippen LogP contribution in [0.15, 0.2) is 0 Å². The Morgan fingerprint density at radius 1 is 1.14 bits per heavy atom. The quantitative estimate of drug-likeness (QED) is 0.867. The van der Waals surface area contributed by atoms with Gasteiger partial charge in [-0.1, -0.05) is 48.5 Å². The Morgan fingerprint density at radius 2 is 1.67 bits per heavy atom. The number of amides is 2. The third-order valence-electron chi connectivity index (χ3n) is 4.48. The van der Waals surface area contributed by atoms with Gasteiger partial charge in [-0.2, -0.15) is 0 Å². The standard InChI is InChI=1S/C17H32N2O2/c1-11(2)13(12(3)4)10-19-9-8-14(20)18-15(16(19)21)17(5,6)7/h11-13,15H,8-10H2,1-7H3,(H,18,20). The maximum atomic E-state index is 12.8. The highest BCUT2D eigenvalue weighted by molar-refractivity contribution is 5.90. The maximum Gasteiger partial charge on any atom is 0.245 e. The summed E-state index contributed by atoms with van der Waals surface area (Å²) in [7, 11) is 0. The molecule has 1 unspecified atom stereocenters. The number of nitrogens with one attached hydrogen (secondary N) is 1. The van der Waals surface area contributed by atoms with E-state index in [0.717, 1.165) is 6.54 Å². The maximum absolute atomic E-state index is 12.8. The Bertz CT molecular complexity index is 375. The lowest BCUT2D eigenvalue weighted by Gasteiger charge is -2.35. The molecule has 1 aliphatic heterocycles. The SMILES string of the molecule is CC(C)C(CN1CCC(=O)NC(C(C)(C)C)C1=O)C(C)C. The van der Waals surface area contributed by atoms with E-state index in [-0.39, 0.29) is 17.2 Å². The Labute approximate surface area is 129 Å². The van der Waals surface area contributed by atoms with Gasteiger partial charge in [0.2, 0.25) is 11.8 Å². The van der Waals surface area contributed by atoms with Crippen molar-refractivity contribution < 1.29 is 9.59 Å². The molecule has 1 aliphatic rings. The first kappa shape index (κ1) is 18.0. The van der Waals surface area contributed by atoms with E-state index in [0.29, 0.717) is 30.7 Å². The fourth-order valence-electron chi connectivity index (χ4n) is 3.04. The van der Waals surface area contributed by atoms with E-state index in [9.17, 15) is 9.59 Å². The molecule has 1 rings (SSSR count). The second-order valence-electron chi connectivity index (χ2n) is 8.05. The van der Waals surface area contributed by atoms with Crippen molar-refractivity contribution >= 4 is 11.8 Å². The van der Waals surface area contributed by atoms with E-state index in [2.05, 4.69) is 33.0 Å². The van der Waals surface area contributed by atoms with Crippen molar-refractivity contribution in [3.8, 4) is 0 Å². The van der Waals surface area contributed by atoms with Gasteiger partial charge in [-0.05, 0) is 23.2 Å². The predicted molar refractivity (Wildman–Crippen MR) is 85.7 cm³/mol. The van der Waals surface area contributed by atoms with Gasteiger partial charge < -0.3 is 10.2 Å². The van der Waals surface area contributed by atoms with Crippen LogP contribution in [0.25, 0.3) is 0 Å². The topological polar surface area (TPSA) is 49.4 Å². The first-order valence-electron chi connectivity index (χ1n) is 8.12. The Morgan fingerprint density at radius 3 is 2.10 bits per heavy atom. The molecule has 0 saturated carbocycles.